The zero-order valence-corrected chi connectivity index (χ0v) is 25.3. The highest BCUT2D eigenvalue weighted by atomic mass is 16.7. The summed E-state index contributed by atoms with van der Waals surface area (Å²) in [6.07, 6.45) is 3.96. The summed E-state index contributed by atoms with van der Waals surface area (Å²) in [7, 11) is 1.42. The van der Waals surface area contributed by atoms with Crippen LogP contribution in [0.2, 0.25) is 0 Å². The Bertz CT molecular complexity index is 902. The van der Waals surface area contributed by atoms with Crippen LogP contribution in [-0.2, 0) is 33.3 Å². The number of carbonyl (C=O) groups is 4. The number of hydrogen-bond donors (Lipinski definition) is 1. The Balaban J connectivity index is 0.000000835. The van der Waals surface area contributed by atoms with Crippen LogP contribution in [0.15, 0.2) is 24.3 Å². The van der Waals surface area contributed by atoms with E-state index in [9.17, 15) is 19.2 Å². The summed E-state index contributed by atoms with van der Waals surface area (Å²) in [6.45, 7) is 25.2. The number of hydrogen-bond acceptors (Lipinski definition) is 8. The lowest BCUT2D eigenvalue weighted by atomic mass is 9.60. The summed E-state index contributed by atoms with van der Waals surface area (Å²) in [5.41, 5.74) is 0.995. The number of carbonyl (C=O) groups excluding carboxylic acids is 4. The third-order valence-corrected chi connectivity index (χ3v) is 5.86. The molecule has 0 aliphatic heterocycles. The zero-order valence-electron chi connectivity index (χ0n) is 25.3. The van der Waals surface area contributed by atoms with Crippen molar-refractivity contribution in [3.63, 3.8) is 0 Å². The molecule has 0 radical (unpaired) electrons. The molecule has 2 atom stereocenters. The average Bonchev–Trinajstić information content (AvgIpc) is 2.69. The Morgan fingerprint density at radius 2 is 1.29 bits per heavy atom. The number of ether oxygens (including phenoxy) is 4. The van der Waals surface area contributed by atoms with E-state index in [0.717, 1.165) is 19.3 Å². The summed E-state index contributed by atoms with van der Waals surface area (Å²) in [5.74, 6) is -3.38. The molecule has 2 unspecified atom stereocenters. The van der Waals surface area contributed by atoms with Crippen molar-refractivity contribution in [2.45, 2.75) is 113 Å². The van der Waals surface area contributed by atoms with Gasteiger partial charge in [-0.3, -0.25) is 4.79 Å². The molecule has 1 amide bonds. The van der Waals surface area contributed by atoms with Crippen LogP contribution in [0.25, 0.3) is 0 Å². The summed E-state index contributed by atoms with van der Waals surface area (Å²) < 4.78 is 20.1. The quantitative estimate of drug-likeness (QED) is 0.209. The molecule has 1 fully saturated rings. The average molecular weight is 540 g/mol. The van der Waals surface area contributed by atoms with E-state index in [-0.39, 0.29) is 22.5 Å². The number of esters is 3. The largest absolute Gasteiger partial charge is 0.423 e. The predicted molar refractivity (Wildman–Crippen MR) is 146 cm³/mol. The highest BCUT2D eigenvalue weighted by Gasteiger charge is 2.40. The molecule has 1 aliphatic carbocycles. The maximum Gasteiger partial charge on any atom is 0.410 e. The van der Waals surface area contributed by atoms with Crippen LogP contribution in [0.1, 0.15) is 101 Å². The van der Waals surface area contributed by atoms with Gasteiger partial charge in [-0.15, -0.1) is 0 Å². The number of alkyl carbamates (subject to hydrolysis) is 1. The van der Waals surface area contributed by atoms with Crippen LogP contribution in [0.3, 0.4) is 0 Å². The summed E-state index contributed by atoms with van der Waals surface area (Å²) in [5, 5.41) is 2.25. The Hall–Kier alpha value is -2.84. The minimum Gasteiger partial charge on any atom is -0.423 e. The fraction of sp³-hybridized carbons (Fsp3) is 0.724. The molecule has 0 aromatic heterocycles. The SMILES string of the molecule is C=C(C)C(=O)OC(C)(C)OC(=O)CCC1(C)CC(C)CC(C)(C)C1.C=C(C)C(=O)OC(C)(C)OC(=O)NC. The second kappa shape index (κ2) is 13.8. The highest BCUT2D eigenvalue weighted by molar-refractivity contribution is 5.87. The van der Waals surface area contributed by atoms with Gasteiger partial charge in [0.2, 0.25) is 0 Å². The van der Waals surface area contributed by atoms with E-state index in [1.54, 1.807) is 20.8 Å². The fourth-order valence-corrected chi connectivity index (χ4v) is 5.01. The van der Waals surface area contributed by atoms with Gasteiger partial charge in [0.05, 0.1) is 0 Å². The van der Waals surface area contributed by atoms with Crippen molar-refractivity contribution in [1.82, 2.24) is 5.32 Å². The van der Waals surface area contributed by atoms with Gasteiger partial charge in [0.1, 0.15) is 0 Å². The molecule has 1 N–H and O–H groups in total. The molecule has 9 nitrogen and oxygen atoms in total. The fourth-order valence-electron chi connectivity index (χ4n) is 5.01. The number of nitrogens with one attached hydrogen (secondary N) is 1. The van der Waals surface area contributed by atoms with Gasteiger partial charge in [0, 0.05) is 52.3 Å². The van der Waals surface area contributed by atoms with Crippen molar-refractivity contribution in [2.75, 3.05) is 7.05 Å². The molecule has 0 heterocycles. The molecule has 218 valence electrons. The molecular weight excluding hydrogens is 490 g/mol. The van der Waals surface area contributed by atoms with Crippen LogP contribution in [0.5, 0.6) is 0 Å². The van der Waals surface area contributed by atoms with Crippen LogP contribution in [-0.4, -0.2) is 42.6 Å². The van der Waals surface area contributed by atoms with E-state index in [2.05, 4.69) is 46.2 Å². The third-order valence-electron chi connectivity index (χ3n) is 5.86. The van der Waals surface area contributed by atoms with E-state index in [1.165, 1.54) is 34.2 Å². The maximum atomic E-state index is 12.2. The first-order valence-electron chi connectivity index (χ1n) is 12.9. The van der Waals surface area contributed by atoms with Crippen LogP contribution < -0.4 is 5.32 Å². The molecule has 1 saturated carbocycles. The monoisotopic (exact) mass is 539 g/mol. The Morgan fingerprint density at radius 1 is 0.842 bits per heavy atom. The van der Waals surface area contributed by atoms with Crippen molar-refractivity contribution >= 4 is 24.0 Å². The van der Waals surface area contributed by atoms with Gasteiger partial charge in [-0.2, -0.15) is 0 Å². The minimum absolute atomic E-state index is 0.151. The van der Waals surface area contributed by atoms with Gasteiger partial charge in [0.15, 0.2) is 0 Å². The molecule has 0 saturated heterocycles. The highest BCUT2D eigenvalue weighted by Crippen LogP contribution is 2.50. The molecule has 0 aromatic rings. The molecule has 38 heavy (non-hydrogen) atoms. The molecule has 1 rings (SSSR count). The molecule has 1 aliphatic rings. The standard InChI is InChI=1S/C20H34O4.C9H15NO4/c1-14(2)17(22)24-19(6,7)23-16(21)9-10-20(8)12-15(3)11-18(4,5)13-20;1-6(2)7(11)13-9(3,4)14-8(12)10-5/h15H,1,9-13H2,2-8H3;1H2,2-5H3,(H,10,12). The van der Waals surface area contributed by atoms with Crippen molar-refractivity contribution in [3.05, 3.63) is 24.3 Å². The van der Waals surface area contributed by atoms with Gasteiger partial charge in [-0.1, -0.05) is 40.9 Å². The van der Waals surface area contributed by atoms with E-state index in [4.69, 9.17) is 18.9 Å². The molecule has 9 heteroatoms. The van der Waals surface area contributed by atoms with Gasteiger partial charge in [-0.05, 0) is 56.3 Å². The third kappa shape index (κ3) is 14.2. The van der Waals surface area contributed by atoms with Crippen LogP contribution in [0, 0.1) is 16.7 Å². The van der Waals surface area contributed by atoms with Crippen molar-refractivity contribution < 1.29 is 38.1 Å². The van der Waals surface area contributed by atoms with Crippen molar-refractivity contribution in [2.24, 2.45) is 16.7 Å². The minimum atomic E-state index is -1.30. The summed E-state index contributed by atoms with van der Waals surface area (Å²) in [6, 6.07) is 0. The lowest BCUT2D eigenvalue weighted by Crippen LogP contribution is -2.37. The first-order valence-corrected chi connectivity index (χ1v) is 12.9. The van der Waals surface area contributed by atoms with Crippen molar-refractivity contribution in [3.8, 4) is 0 Å². The Morgan fingerprint density at radius 3 is 1.68 bits per heavy atom. The summed E-state index contributed by atoms with van der Waals surface area (Å²) >= 11 is 0. The Labute approximate surface area is 228 Å². The van der Waals surface area contributed by atoms with Crippen molar-refractivity contribution in [1.29, 1.82) is 0 Å². The maximum absolute atomic E-state index is 12.2. The van der Waals surface area contributed by atoms with Crippen LogP contribution in [0.4, 0.5) is 4.79 Å². The first-order chi connectivity index (χ1) is 17.0. The predicted octanol–water partition coefficient (Wildman–Crippen LogP) is 6.22. The molecule has 0 spiro atoms. The van der Waals surface area contributed by atoms with Crippen LogP contribution >= 0.6 is 0 Å². The van der Waals surface area contributed by atoms with Gasteiger partial charge in [0.25, 0.3) is 11.6 Å². The lowest BCUT2D eigenvalue weighted by Gasteiger charge is -2.46. The van der Waals surface area contributed by atoms with E-state index >= 15 is 0 Å². The van der Waals surface area contributed by atoms with Gasteiger partial charge < -0.3 is 24.3 Å². The second-order valence-electron chi connectivity index (χ2n) is 12.4. The van der Waals surface area contributed by atoms with E-state index in [1.807, 2.05) is 0 Å². The van der Waals surface area contributed by atoms with E-state index < -0.39 is 29.6 Å². The van der Waals surface area contributed by atoms with Gasteiger partial charge >= 0.3 is 24.0 Å². The topological polar surface area (TPSA) is 117 Å². The van der Waals surface area contributed by atoms with E-state index in [0.29, 0.717) is 17.8 Å². The normalized spacial score (nSPS) is 20.6. The number of rotatable bonds is 9. The van der Waals surface area contributed by atoms with Gasteiger partial charge in [-0.25, -0.2) is 14.4 Å². The first kappa shape index (κ1) is 35.2. The smallest absolute Gasteiger partial charge is 0.410 e. The second-order valence-corrected chi connectivity index (χ2v) is 12.4. The zero-order chi connectivity index (χ0) is 30.1. The number of amides is 1. The molecular formula is C29H49NO8. The molecule has 0 aromatic carbocycles. The summed E-state index contributed by atoms with van der Waals surface area (Å²) in [4.78, 5) is 45.7. The molecule has 0 bridgehead atoms. The Kier molecular flexibility index (Phi) is 12.8. The lowest BCUT2D eigenvalue weighted by molar-refractivity contribution is -0.214.